The van der Waals surface area contributed by atoms with E-state index in [1.807, 2.05) is 42.3 Å². The highest BCUT2D eigenvalue weighted by atomic mass is 32.2. The van der Waals surface area contributed by atoms with E-state index in [1.54, 1.807) is 11.8 Å². The lowest BCUT2D eigenvalue weighted by Gasteiger charge is -2.27. The molecule has 3 atom stereocenters. The van der Waals surface area contributed by atoms with Gasteiger partial charge in [0.1, 0.15) is 5.75 Å². The molecular weight excluding hydrogens is 296 g/mol. The maximum atomic E-state index is 12.6. The molecule has 4 nitrogen and oxygen atoms in total. The van der Waals surface area contributed by atoms with Gasteiger partial charge in [0.2, 0.25) is 0 Å². The van der Waals surface area contributed by atoms with Crippen LogP contribution in [0.2, 0.25) is 0 Å². The molecular formula is C17H24N2O2S. The molecule has 22 heavy (non-hydrogen) atoms. The molecule has 2 bridgehead atoms. The van der Waals surface area contributed by atoms with Crippen LogP contribution in [-0.2, 0) is 4.79 Å². The molecule has 3 rings (SSSR count). The molecule has 0 aliphatic carbocycles. The van der Waals surface area contributed by atoms with Gasteiger partial charge >= 0.3 is 0 Å². The van der Waals surface area contributed by atoms with Crippen molar-refractivity contribution in [2.45, 2.75) is 49.3 Å². The van der Waals surface area contributed by atoms with Crippen molar-refractivity contribution >= 4 is 17.7 Å². The normalized spacial score (nSPS) is 25.6. The topological polar surface area (TPSA) is 41.6 Å². The molecule has 0 aromatic heterocycles. The van der Waals surface area contributed by atoms with E-state index in [4.69, 9.17) is 4.74 Å². The maximum Gasteiger partial charge on any atom is 0.263 e. The Morgan fingerprint density at radius 3 is 2.73 bits per heavy atom. The summed E-state index contributed by atoms with van der Waals surface area (Å²) in [7, 11) is 0. The predicted octanol–water partition coefficient (Wildman–Crippen LogP) is 2.53. The summed E-state index contributed by atoms with van der Waals surface area (Å²) in [5.41, 5.74) is 0. The highest BCUT2D eigenvalue weighted by molar-refractivity contribution is 7.98. The first kappa shape index (κ1) is 15.7. The molecule has 120 valence electrons. The zero-order valence-corrected chi connectivity index (χ0v) is 14.1. The molecule has 1 amide bonds. The fourth-order valence-corrected chi connectivity index (χ4v) is 3.72. The zero-order valence-electron chi connectivity index (χ0n) is 13.2. The van der Waals surface area contributed by atoms with Crippen LogP contribution in [0.4, 0.5) is 0 Å². The molecule has 1 aromatic rings. The smallest absolute Gasteiger partial charge is 0.263 e. The molecule has 1 aromatic carbocycles. The van der Waals surface area contributed by atoms with E-state index >= 15 is 0 Å². The lowest BCUT2D eigenvalue weighted by atomic mass is 10.1. The highest BCUT2D eigenvalue weighted by Crippen LogP contribution is 2.23. The number of hydrogen-bond donors (Lipinski definition) is 1. The van der Waals surface area contributed by atoms with E-state index < -0.39 is 6.10 Å². The molecule has 5 heteroatoms. The van der Waals surface area contributed by atoms with Crippen molar-refractivity contribution in [3.05, 3.63) is 24.3 Å². The van der Waals surface area contributed by atoms with Crippen molar-refractivity contribution in [3.63, 3.8) is 0 Å². The number of nitrogens with zero attached hydrogens (tertiary/aromatic N) is 1. The average Bonchev–Trinajstić information content (AvgIpc) is 2.86. The van der Waals surface area contributed by atoms with Crippen molar-refractivity contribution in [2.24, 2.45) is 0 Å². The summed E-state index contributed by atoms with van der Waals surface area (Å²) in [6, 6.07) is 8.96. The minimum absolute atomic E-state index is 0.100. The number of fused-ring (bicyclic) bond motifs is 2. The minimum atomic E-state index is -0.434. The summed E-state index contributed by atoms with van der Waals surface area (Å²) in [6.07, 6.45) is 5.10. The van der Waals surface area contributed by atoms with Crippen molar-refractivity contribution in [3.8, 4) is 5.75 Å². The second-order valence-corrected chi connectivity index (χ2v) is 7.03. The van der Waals surface area contributed by atoms with Crippen LogP contribution in [0.25, 0.3) is 0 Å². The lowest BCUT2D eigenvalue weighted by molar-refractivity contribution is -0.138. The van der Waals surface area contributed by atoms with Crippen LogP contribution in [0.15, 0.2) is 29.2 Å². The van der Waals surface area contributed by atoms with E-state index in [2.05, 4.69) is 5.32 Å². The highest BCUT2D eigenvalue weighted by Gasteiger charge is 2.32. The van der Waals surface area contributed by atoms with Gasteiger partial charge in [-0.25, -0.2) is 0 Å². The number of amides is 1. The van der Waals surface area contributed by atoms with E-state index in [1.165, 1.54) is 17.7 Å². The Morgan fingerprint density at radius 1 is 1.27 bits per heavy atom. The van der Waals surface area contributed by atoms with Crippen LogP contribution >= 0.6 is 11.8 Å². The van der Waals surface area contributed by atoms with E-state index in [0.717, 1.165) is 25.3 Å². The SMILES string of the molecule is CSc1ccc(OC(C)C(=O)N2CCC3CCC(C2)N3)cc1. The van der Waals surface area contributed by atoms with Crippen LogP contribution in [0, 0.1) is 0 Å². The number of carbonyl (C=O) groups excluding carboxylic acids is 1. The summed E-state index contributed by atoms with van der Waals surface area (Å²) in [6.45, 7) is 3.50. The van der Waals surface area contributed by atoms with Crippen molar-refractivity contribution in [1.29, 1.82) is 0 Å². The molecule has 0 radical (unpaired) electrons. The number of rotatable bonds is 4. The van der Waals surface area contributed by atoms with Crippen molar-refractivity contribution in [2.75, 3.05) is 19.3 Å². The fourth-order valence-electron chi connectivity index (χ4n) is 3.31. The molecule has 2 heterocycles. The van der Waals surface area contributed by atoms with Gasteiger partial charge in [-0.3, -0.25) is 4.79 Å². The molecule has 2 aliphatic heterocycles. The Bertz CT molecular complexity index is 520. The van der Waals surface area contributed by atoms with Gasteiger partial charge < -0.3 is 15.0 Å². The van der Waals surface area contributed by atoms with Crippen molar-refractivity contribution < 1.29 is 9.53 Å². The monoisotopic (exact) mass is 320 g/mol. The van der Waals surface area contributed by atoms with Gasteiger partial charge in [-0.15, -0.1) is 11.8 Å². The number of likely N-dealkylation sites (tertiary alicyclic amines) is 1. The van der Waals surface area contributed by atoms with Gasteiger partial charge in [0.25, 0.3) is 5.91 Å². The van der Waals surface area contributed by atoms with E-state index in [0.29, 0.717) is 12.1 Å². The van der Waals surface area contributed by atoms with E-state index in [-0.39, 0.29) is 5.91 Å². The van der Waals surface area contributed by atoms with Crippen LogP contribution in [-0.4, -0.2) is 48.3 Å². The van der Waals surface area contributed by atoms with Crippen LogP contribution < -0.4 is 10.1 Å². The number of ether oxygens (including phenoxy) is 1. The van der Waals surface area contributed by atoms with Crippen molar-refractivity contribution in [1.82, 2.24) is 10.2 Å². The summed E-state index contributed by atoms with van der Waals surface area (Å²) >= 11 is 1.70. The summed E-state index contributed by atoms with van der Waals surface area (Å²) < 4.78 is 5.83. The molecule has 2 fully saturated rings. The second-order valence-electron chi connectivity index (χ2n) is 6.15. The molecule has 1 N–H and O–H groups in total. The molecule has 2 saturated heterocycles. The standard InChI is InChI=1S/C17H24N2O2S/c1-12(21-15-5-7-16(22-2)8-6-15)17(20)19-10-9-13-3-4-14(11-19)18-13/h5-8,12-14,18H,3-4,9-11H2,1-2H3. The first-order chi connectivity index (χ1) is 10.7. The maximum absolute atomic E-state index is 12.6. The van der Waals surface area contributed by atoms with Gasteiger partial charge in [0.15, 0.2) is 6.10 Å². The van der Waals surface area contributed by atoms with Gasteiger partial charge in [-0.2, -0.15) is 0 Å². The number of carbonyl (C=O) groups is 1. The largest absolute Gasteiger partial charge is 0.481 e. The number of hydrogen-bond acceptors (Lipinski definition) is 4. The number of thioether (sulfide) groups is 1. The van der Waals surface area contributed by atoms with Gasteiger partial charge in [0.05, 0.1) is 0 Å². The molecule has 0 saturated carbocycles. The first-order valence-corrected chi connectivity index (χ1v) is 9.23. The average molecular weight is 320 g/mol. The van der Waals surface area contributed by atoms with Gasteiger partial charge in [-0.05, 0) is 56.7 Å². The fraction of sp³-hybridized carbons (Fsp3) is 0.588. The quantitative estimate of drug-likeness (QED) is 0.866. The third-order valence-electron chi connectivity index (χ3n) is 4.55. The zero-order chi connectivity index (χ0) is 15.5. The summed E-state index contributed by atoms with van der Waals surface area (Å²) in [5, 5.41) is 3.60. The second kappa shape index (κ2) is 6.92. The van der Waals surface area contributed by atoms with Crippen LogP contribution in [0.1, 0.15) is 26.2 Å². The third-order valence-corrected chi connectivity index (χ3v) is 5.30. The Balaban J connectivity index is 1.58. The van der Waals surface area contributed by atoms with Crippen LogP contribution in [0.3, 0.4) is 0 Å². The van der Waals surface area contributed by atoms with Gasteiger partial charge in [-0.1, -0.05) is 0 Å². The summed E-state index contributed by atoms with van der Waals surface area (Å²) in [4.78, 5) is 15.8. The first-order valence-electron chi connectivity index (χ1n) is 8.01. The third kappa shape index (κ3) is 3.58. The minimum Gasteiger partial charge on any atom is -0.481 e. The van der Waals surface area contributed by atoms with Gasteiger partial charge in [0, 0.05) is 30.1 Å². The van der Waals surface area contributed by atoms with E-state index in [9.17, 15) is 4.79 Å². The van der Waals surface area contributed by atoms with Crippen LogP contribution in [0.5, 0.6) is 5.75 Å². The lowest BCUT2D eigenvalue weighted by Crippen LogP contribution is -2.44. The summed E-state index contributed by atoms with van der Waals surface area (Å²) in [5.74, 6) is 0.858. The number of nitrogens with one attached hydrogen (secondary N) is 1. The Morgan fingerprint density at radius 2 is 2.00 bits per heavy atom. The Kier molecular flexibility index (Phi) is 4.93. The molecule has 0 spiro atoms. The molecule has 3 unspecified atom stereocenters. The molecule has 2 aliphatic rings. The Hall–Kier alpha value is -1.20. The Labute approximate surface area is 136 Å². The predicted molar refractivity (Wildman–Crippen MR) is 89.5 cm³/mol. The number of benzene rings is 1.